The zero-order chi connectivity index (χ0) is 20.2. The molecule has 1 N–H and O–H groups in total. The van der Waals surface area contributed by atoms with Crippen LogP contribution in [0.25, 0.3) is 0 Å². The number of hydrogen-bond acceptors (Lipinski definition) is 5. The lowest BCUT2D eigenvalue weighted by molar-refractivity contribution is 0.0950. The smallest absolute Gasteiger partial charge is 0.251 e. The number of nitrogens with one attached hydrogen (secondary N) is 1. The molecule has 2 aromatic carbocycles. The monoisotopic (exact) mass is 456 g/mol. The van der Waals surface area contributed by atoms with E-state index in [1.807, 2.05) is 12.1 Å². The average molecular weight is 457 g/mol. The fourth-order valence-corrected chi connectivity index (χ4v) is 3.86. The first-order valence-electron chi connectivity index (χ1n) is 7.92. The molecule has 0 aliphatic carbocycles. The summed E-state index contributed by atoms with van der Waals surface area (Å²) in [7, 11) is 2.01. The highest BCUT2D eigenvalue weighted by Gasteiger charge is 2.24. The number of hydrogen-bond donors (Lipinski definition) is 1. The minimum absolute atomic E-state index is 0.0670. The second kappa shape index (κ2) is 8.73. The highest BCUT2D eigenvalue weighted by atomic mass is 79.9. The lowest BCUT2D eigenvalue weighted by Gasteiger charge is -2.16. The Balaban J connectivity index is 2.29. The number of benzene rings is 2. The number of methoxy groups -OCH3 is 2. The number of ether oxygens (including phenoxy) is 2. The van der Waals surface area contributed by atoms with Gasteiger partial charge >= 0.3 is 0 Å². The van der Waals surface area contributed by atoms with E-state index in [0.717, 1.165) is 14.3 Å². The van der Waals surface area contributed by atoms with Crippen LogP contribution in [0.1, 0.15) is 15.9 Å². The Kier molecular flexibility index (Phi) is 6.85. The predicted octanol–water partition coefficient (Wildman–Crippen LogP) is 2.65. The Morgan fingerprint density at radius 1 is 1.07 bits per heavy atom. The van der Waals surface area contributed by atoms with Crippen LogP contribution in [0.5, 0.6) is 11.5 Å². The molecule has 0 aliphatic rings. The van der Waals surface area contributed by atoms with Gasteiger partial charge in [0.15, 0.2) is 0 Å². The maximum atomic E-state index is 12.5. The molecule has 0 radical (unpaired) electrons. The Bertz CT molecular complexity index is 945. The molecule has 0 atom stereocenters. The van der Waals surface area contributed by atoms with Gasteiger partial charge in [-0.1, -0.05) is 15.9 Å². The highest BCUT2D eigenvalue weighted by molar-refractivity contribution is 9.10. The quantitative estimate of drug-likeness (QED) is 0.691. The van der Waals surface area contributed by atoms with Gasteiger partial charge in [-0.05, 0) is 36.4 Å². The van der Waals surface area contributed by atoms with Crippen LogP contribution in [-0.2, 0) is 16.6 Å². The normalized spacial score (nSPS) is 11.3. The summed E-state index contributed by atoms with van der Waals surface area (Å²) in [5.74, 6) is 0.410. The van der Waals surface area contributed by atoms with E-state index < -0.39 is 15.9 Å². The first-order valence-corrected chi connectivity index (χ1v) is 10.1. The summed E-state index contributed by atoms with van der Waals surface area (Å²) >= 11 is 3.38. The van der Waals surface area contributed by atoms with Crippen molar-refractivity contribution in [2.24, 2.45) is 0 Å². The van der Waals surface area contributed by atoms with E-state index >= 15 is 0 Å². The summed E-state index contributed by atoms with van der Waals surface area (Å²) in [5.41, 5.74) is 1.00. The SMILES string of the molecule is COc1ccc(Br)cc1CNC(=O)c1ccc(OC)c(S(=O)(=O)N(C)C)c1. The van der Waals surface area contributed by atoms with E-state index in [1.54, 1.807) is 13.2 Å². The third-order valence-corrected chi connectivity index (χ3v) is 6.20. The van der Waals surface area contributed by atoms with Crippen LogP contribution in [0.2, 0.25) is 0 Å². The Morgan fingerprint density at radius 3 is 2.30 bits per heavy atom. The van der Waals surface area contributed by atoms with Crippen molar-refractivity contribution in [3.63, 3.8) is 0 Å². The maximum Gasteiger partial charge on any atom is 0.251 e. The molecule has 0 aliphatic heterocycles. The number of carbonyl (C=O) groups excluding carboxylic acids is 1. The van der Waals surface area contributed by atoms with Crippen LogP contribution in [0, 0.1) is 0 Å². The largest absolute Gasteiger partial charge is 0.496 e. The van der Waals surface area contributed by atoms with Gasteiger partial charge in [-0.2, -0.15) is 0 Å². The number of halogens is 1. The van der Waals surface area contributed by atoms with E-state index in [1.165, 1.54) is 39.4 Å². The summed E-state index contributed by atoms with van der Waals surface area (Å²) < 4.78 is 37.3. The van der Waals surface area contributed by atoms with Gasteiger partial charge in [-0.25, -0.2) is 12.7 Å². The number of nitrogens with zero attached hydrogens (tertiary/aromatic N) is 1. The summed E-state index contributed by atoms with van der Waals surface area (Å²) in [6.07, 6.45) is 0. The van der Waals surface area contributed by atoms with Crippen LogP contribution in [0.3, 0.4) is 0 Å². The third-order valence-electron chi connectivity index (χ3n) is 3.87. The molecule has 0 unspecified atom stereocenters. The zero-order valence-corrected chi connectivity index (χ0v) is 17.8. The van der Waals surface area contributed by atoms with Crippen molar-refractivity contribution in [1.82, 2.24) is 9.62 Å². The minimum atomic E-state index is -3.76. The van der Waals surface area contributed by atoms with Crippen LogP contribution in [0.15, 0.2) is 45.8 Å². The fourth-order valence-electron chi connectivity index (χ4n) is 2.38. The van der Waals surface area contributed by atoms with Crippen molar-refractivity contribution in [3.8, 4) is 11.5 Å². The molecule has 2 aromatic rings. The van der Waals surface area contributed by atoms with E-state index in [9.17, 15) is 13.2 Å². The molecule has 2 rings (SSSR count). The van der Waals surface area contributed by atoms with Gasteiger partial charge < -0.3 is 14.8 Å². The molecule has 146 valence electrons. The van der Waals surface area contributed by atoms with Crippen molar-refractivity contribution in [3.05, 3.63) is 52.0 Å². The molecule has 0 aromatic heterocycles. The molecule has 0 heterocycles. The Hall–Kier alpha value is -2.10. The first kappa shape index (κ1) is 21.2. The molecule has 0 saturated carbocycles. The zero-order valence-electron chi connectivity index (χ0n) is 15.4. The van der Waals surface area contributed by atoms with Crippen LogP contribution < -0.4 is 14.8 Å². The second-order valence-corrected chi connectivity index (χ2v) is 8.83. The van der Waals surface area contributed by atoms with Crippen molar-refractivity contribution < 1.29 is 22.7 Å². The minimum Gasteiger partial charge on any atom is -0.496 e. The Morgan fingerprint density at radius 2 is 1.70 bits per heavy atom. The van der Waals surface area contributed by atoms with E-state index in [-0.39, 0.29) is 22.8 Å². The number of rotatable bonds is 7. The van der Waals surface area contributed by atoms with Crippen LogP contribution >= 0.6 is 15.9 Å². The molecule has 0 spiro atoms. The lowest BCUT2D eigenvalue weighted by Crippen LogP contribution is -2.25. The molecular weight excluding hydrogens is 436 g/mol. The van der Waals surface area contributed by atoms with Crippen molar-refractivity contribution in [2.45, 2.75) is 11.4 Å². The standard InChI is InChI=1S/C18H21BrN2O5S/c1-21(2)27(23,24)17-10-12(5-7-16(17)26-4)18(22)20-11-13-9-14(19)6-8-15(13)25-3/h5-10H,11H2,1-4H3,(H,20,22). The van der Waals surface area contributed by atoms with Gasteiger partial charge in [0.1, 0.15) is 16.4 Å². The summed E-state index contributed by atoms with van der Waals surface area (Å²) in [4.78, 5) is 12.5. The number of amides is 1. The molecule has 7 nitrogen and oxygen atoms in total. The Labute approximate surface area is 167 Å². The molecular formula is C18H21BrN2O5S. The van der Waals surface area contributed by atoms with Crippen molar-refractivity contribution >= 4 is 31.9 Å². The lowest BCUT2D eigenvalue weighted by atomic mass is 10.1. The predicted molar refractivity (Wildman–Crippen MR) is 106 cm³/mol. The van der Waals surface area contributed by atoms with Gasteiger partial charge in [0.05, 0.1) is 14.2 Å². The maximum absolute atomic E-state index is 12.5. The van der Waals surface area contributed by atoms with Crippen molar-refractivity contribution in [1.29, 1.82) is 0 Å². The van der Waals surface area contributed by atoms with Crippen LogP contribution in [0.4, 0.5) is 0 Å². The second-order valence-electron chi connectivity index (χ2n) is 5.79. The first-order chi connectivity index (χ1) is 12.7. The van der Waals surface area contributed by atoms with E-state index in [2.05, 4.69) is 21.2 Å². The van der Waals surface area contributed by atoms with Crippen LogP contribution in [-0.4, -0.2) is 46.9 Å². The number of carbonyl (C=O) groups is 1. The molecule has 27 heavy (non-hydrogen) atoms. The van der Waals surface area contributed by atoms with E-state index in [4.69, 9.17) is 9.47 Å². The topological polar surface area (TPSA) is 84.9 Å². The summed E-state index contributed by atoms with van der Waals surface area (Å²) in [5, 5.41) is 2.77. The van der Waals surface area contributed by atoms with Crippen molar-refractivity contribution in [2.75, 3.05) is 28.3 Å². The average Bonchev–Trinajstić information content (AvgIpc) is 2.65. The molecule has 0 fully saturated rings. The molecule has 0 bridgehead atoms. The van der Waals surface area contributed by atoms with Gasteiger partial charge in [-0.15, -0.1) is 0 Å². The summed E-state index contributed by atoms with van der Waals surface area (Å²) in [6.45, 7) is 0.225. The van der Waals surface area contributed by atoms with Gasteiger partial charge in [0.25, 0.3) is 5.91 Å². The van der Waals surface area contributed by atoms with Gasteiger partial charge in [-0.3, -0.25) is 4.79 Å². The highest BCUT2D eigenvalue weighted by Crippen LogP contribution is 2.27. The summed E-state index contributed by atoms with van der Waals surface area (Å²) in [6, 6.07) is 9.76. The molecule has 9 heteroatoms. The van der Waals surface area contributed by atoms with E-state index in [0.29, 0.717) is 5.75 Å². The molecule has 1 amide bonds. The number of sulfonamides is 1. The fraction of sp³-hybridized carbons (Fsp3) is 0.278. The van der Waals surface area contributed by atoms with Gasteiger partial charge in [0.2, 0.25) is 10.0 Å². The molecule has 0 saturated heterocycles. The third kappa shape index (κ3) is 4.79. The van der Waals surface area contributed by atoms with Gasteiger partial charge in [0, 0.05) is 36.2 Å².